The van der Waals surface area contributed by atoms with Gasteiger partial charge in [-0.05, 0) is 49.4 Å². The summed E-state index contributed by atoms with van der Waals surface area (Å²) in [6, 6.07) is 0. The van der Waals surface area contributed by atoms with Crippen LogP contribution in [0.25, 0.3) is 0 Å². The maximum absolute atomic E-state index is 6.10. The molecule has 0 aromatic heterocycles. The van der Waals surface area contributed by atoms with Crippen molar-refractivity contribution in [3.63, 3.8) is 0 Å². The van der Waals surface area contributed by atoms with Crippen molar-refractivity contribution >= 4 is 9.05 Å². The summed E-state index contributed by atoms with van der Waals surface area (Å²) in [6.07, 6.45) is 13.1. The molecule has 0 unspecified atom stereocenters. The van der Waals surface area contributed by atoms with Crippen LogP contribution in [-0.2, 0) is 17.7 Å². The van der Waals surface area contributed by atoms with E-state index in [9.17, 15) is 0 Å². The van der Waals surface area contributed by atoms with Crippen LogP contribution in [0.15, 0.2) is 0 Å². The maximum Gasteiger partial charge on any atom is 0.679 e. The highest BCUT2D eigenvalue weighted by Gasteiger charge is 2.48. The molecule has 2 aliphatic carbocycles. The zero-order valence-corrected chi connectivity index (χ0v) is 15.3. The Kier molecular flexibility index (Phi) is 5.40. The molecule has 132 valence electrons. The molecule has 0 amide bonds. The van der Waals surface area contributed by atoms with E-state index in [1.54, 1.807) is 0 Å². The van der Waals surface area contributed by atoms with E-state index in [1.807, 2.05) is 0 Å². The quantitative estimate of drug-likeness (QED) is 0.714. The van der Waals surface area contributed by atoms with Gasteiger partial charge in [-0.3, -0.25) is 0 Å². The Balaban J connectivity index is 1.28. The van der Waals surface area contributed by atoms with Gasteiger partial charge >= 0.3 is 9.05 Å². The maximum atomic E-state index is 6.10. The van der Waals surface area contributed by atoms with Gasteiger partial charge in [0, 0.05) is 26.4 Å². The average Bonchev–Trinajstić information content (AvgIpc) is 2.37. The first-order chi connectivity index (χ1) is 11.3. The van der Waals surface area contributed by atoms with Gasteiger partial charge < -0.3 is 17.7 Å². The van der Waals surface area contributed by atoms with Gasteiger partial charge in [-0.25, -0.2) is 0 Å². The van der Waals surface area contributed by atoms with Crippen molar-refractivity contribution in [2.24, 2.45) is 23.7 Å². The molecule has 2 heterocycles. The SMILES string of the molecule is C1CC(C2CCO[Si]3(OCC2)OCCC(C2CCC2)CCO3)C1. The van der Waals surface area contributed by atoms with Gasteiger partial charge in [0.15, 0.2) is 0 Å². The minimum Gasteiger partial charge on any atom is -0.351 e. The Morgan fingerprint density at radius 1 is 0.435 bits per heavy atom. The predicted molar refractivity (Wildman–Crippen MR) is 89.7 cm³/mol. The van der Waals surface area contributed by atoms with E-state index in [0.717, 1.165) is 75.8 Å². The summed E-state index contributed by atoms with van der Waals surface area (Å²) in [7, 11) is -2.85. The predicted octanol–water partition coefficient (Wildman–Crippen LogP) is 3.91. The zero-order valence-electron chi connectivity index (χ0n) is 14.3. The van der Waals surface area contributed by atoms with Gasteiger partial charge in [0.05, 0.1) is 0 Å². The molecule has 0 aromatic carbocycles. The third kappa shape index (κ3) is 3.84. The number of hydrogen-bond donors (Lipinski definition) is 0. The minimum atomic E-state index is -2.85. The van der Waals surface area contributed by atoms with Crippen LogP contribution in [0.4, 0.5) is 0 Å². The molecule has 4 aliphatic rings. The van der Waals surface area contributed by atoms with Crippen molar-refractivity contribution < 1.29 is 17.7 Å². The molecule has 2 saturated carbocycles. The Hall–Kier alpha value is 0.0569. The lowest BCUT2D eigenvalue weighted by Gasteiger charge is -2.39. The fourth-order valence-electron chi connectivity index (χ4n) is 4.65. The van der Waals surface area contributed by atoms with E-state index in [4.69, 9.17) is 17.7 Å². The third-order valence-corrected chi connectivity index (χ3v) is 8.93. The van der Waals surface area contributed by atoms with Gasteiger partial charge in [-0.1, -0.05) is 38.5 Å². The average molecular weight is 341 g/mol. The summed E-state index contributed by atoms with van der Waals surface area (Å²) in [5.74, 6) is 3.40. The van der Waals surface area contributed by atoms with Crippen molar-refractivity contribution in [3.05, 3.63) is 0 Å². The molecule has 0 aromatic rings. The molecule has 2 aliphatic heterocycles. The molecule has 1 spiro atoms. The van der Waals surface area contributed by atoms with Crippen LogP contribution in [0.2, 0.25) is 0 Å². The molecule has 23 heavy (non-hydrogen) atoms. The highest BCUT2D eigenvalue weighted by molar-refractivity contribution is 6.53. The van der Waals surface area contributed by atoms with Crippen LogP contribution < -0.4 is 0 Å². The second kappa shape index (κ2) is 7.52. The standard InChI is InChI=1S/C18H32O4Si/c1-3-15(4-1)17-7-11-19-23(20-12-8-17)21-13-9-18(10-14-22-23)16-5-2-6-16/h15-18H,1-14H2. The Morgan fingerprint density at radius 3 is 1.00 bits per heavy atom. The fraction of sp³-hybridized carbons (Fsp3) is 1.00. The summed E-state index contributed by atoms with van der Waals surface area (Å²) in [5, 5.41) is 0. The van der Waals surface area contributed by atoms with Crippen LogP contribution >= 0.6 is 0 Å². The first kappa shape index (κ1) is 16.5. The van der Waals surface area contributed by atoms with E-state index in [0.29, 0.717) is 0 Å². The lowest BCUT2D eigenvalue weighted by Crippen LogP contribution is -2.52. The third-order valence-electron chi connectivity index (χ3n) is 6.70. The van der Waals surface area contributed by atoms with Gasteiger partial charge in [0.25, 0.3) is 0 Å². The normalized spacial score (nSPS) is 41.2. The van der Waals surface area contributed by atoms with Gasteiger partial charge in [-0.15, -0.1) is 0 Å². The van der Waals surface area contributed by atoms with Crippen molar-refractivity contribution in [3.8, 4) is 0 Å². The number of hydrogen-bond acceptors (Lipinski definition) is 4. The minimum absolute atomic E-state index is 0.749. The Labute approximate surface area is 141 Å². The van der Waals surface area contributed by atoms with E-state index in [-0.39, 0.29) is 0 Å². The van der Waals surface area contributed by atoms with Crippen molar-refractivity contribution in [2.45, 2.75) is 64.2 Å². The zero-order chi connectivity index (χ0) is 15.5. The summed E-state index contributed by atoms with van der Waals surface area (Å²) in [6.45, 7) is 3.00. The molecule has 0 bridgehead atoms. The molecule has 0 atom stereocenters. The first-order valence-electron chi connectivity index (χ1n) is 9.90. The van der Waals surface area contributed by atoms with Crippen LogP contribution in [0.3, 0.4) is 0 Å². The summed E-state index contributed by atoms with van der Waals surface area (Å²) < 4.78 is 24.4. The topological polar surface area (TPSA) is 36.9 Å². The van der Waals surface area contributed by atoms with Crippen molar-refractivity contribution in [1.29, 1.82) is 0 Å². The lowest BCUT2D eigenvalue weighted by atomic mass is 9.73. The molecular formula is C18H32O4Si. The summed E-state index contributed by atoms with van der Waals surface area (Å²) in [4.78, 5) is 0. The second-order valence-corrected chi connectivity index (χ2v) is 10.1. The van der Waals surface area contributed by atoms with Gasteiger partial charge in [0.1, 0.15) is 0 Å². The second-order valence-electron chi connectivity index (χ2n) is 7.95. The molecule has 4 nitrogen and oxygen atoms in total. The van der Waals surface area contributed by atoms with Crippen LogP contribution in [-0.4, -0.2) is 35.5 Å². The summed E-state index contributed by atoms with van der Waals surface area (Å²) in [5.41, 5.74) is 0. The summed E-state index contributed by atoms with van der Waals surface area (Å²) >= 11 is 0. The molecule has 0 N–H and O–H groups in total. The van der Waals surface area contributed by atoms with Gasteiger partial charge in [0.2, 0.25) is 0 Å². The Morgan fingerprint density at radius 2 is 0.739 bits per heavy atom. The fourth-order valence-corrected chi connectivity index (χ4v) is 6.62. The van der Waals surface area contributed by atoms with E-state index < -0.39 is 9.05 Å². The smallest absolute Gasteiger partial charge is 0.351 e. The highest BCUT2D eigenvalue weighted by atomic mass is 28.4. The largest absolute Gasteiger partial charge is 0.679 e. The highest BCUT2D eigenvalue weighted by Crippen LogP contribution is 2.40. The molecule has 2 saturated heterocycles. The van der Waals surface area contributed by atoms with Crippen molar-refractivity contribution in [1.82, 2.24) is 0 Å². The molecule has 4 fully saturated rings. The van der Waals surface area contributed by atoms with Crippen LogP contribution in [0.5, 0.6) is 0 Å². The van der Waals surface area contributed by atoms with E-state index >= 15 is 0 Å². The Bertz CT molecular complexity index is 324. The number of rotatable bonds is 2. The molecule has 5 heteroatoms. The van der Waals surface area contributed by atoms with Crippen LogP contribution in [0, 0.1) is 23.7 Å². The van der Waals surface area contributed by atoms with E-state index in [1.165, 1.54) is 38.5 Å². The monoisotopic (exact) mass is 340 g/mol. The van der Waals surface area contributed by atoms with E-state index in [2.05, 4.69) is 0 Å². The lowest BCUT2D eigenvalue weighted by molar-refractivity contribution is -0.0686. The molecule has 0 radical (unpaired) electrons. The molecular weight excluding hydrogens is 308 g/mol. The molecule has 4 rings (SSSR count). The van der Waals surface area contributed by atoms with Crippen LogP contribution in [0.1, 0.15) is 64.2 Å². The first-order valence-corrected chi connectivity index (χ1v) is 11.5. The van der Waals surface area contributed by atoms with Gasteiger partial charge in [-0.2, -0.15) is 0 Å². The van der Waals surface area contributed by atoms with Crippen molar-refractivity contribution in [2.75, 3.05) is 26.4 Å².